The van der Waals surface area contributed by atoms with Crippen LogP contribution >= 0.6 is 11.8 Å². The summed E-state index contributed by atoms with van der Waals surface area (Å²) < 4.78 is 0. The van der Waals surface area contributed by atoms with Crippen molar-refractivity contribution in [3.63, 3.8) is 0 Å². The molecule has 1 fully saturated rings. The van der Waals surface area contributed by atoms with Crippen LogP contribution < -0.4 is 0 Å². The van der Waals surface area contributed by atoms with Crippen molar-refractivity contribution in [2.45, 2.75) is 18.1 Å². The summed E-state index contributed by atoms with van der Waals surface area (Å²) in [5.41, 5.74) is -0.180. The van der Waals surface area contributed by atoms with Gasteiger partial charge in [-0.1, -0.05) is 18.2 Å². The molecule has 0 aromatic heterocycles. The smallest absolute Gasteiger partial charge is 0.0509 e. The van der Waals surface area contributed by atoms with E-state index >= 15 is 0 Å². The highest BCUT2D eigenvalue weighted by Gasteiger charge is 2.45. The zero-order valence-corrected chi connectivity index (χ0v) is 8.91. The summed E-state index contributed by atoms with van der Waals surface area (Å²) >= 11 is 1.84. The van der Waals surface area contributed by atoms with Crippen molar-refractivity contribution in [2.75, 3.05) is 13.2 Å². The highest BCUT2D eigenvalue weighted by atomic mass is 32.2. The fraction of sp³-hybridized carbons (Fsp3) is 0.636. The Hall–Kier alpha value is -0.250. The van der Waals surface area contributed by atoms with Gasteiger partial charge in [-0.15, -0.1) is 11.8 Å². The summed E-state index contributed by atoms with van der Waals surface area (Å²) in [4.78, 5) is 0. The SMILES string of the molecule is OCC1(CO)CC(C2C=CC=CS2)C1. The molecule has 0 radical (unpaired) electrons. The molecule has 0 spiro atoms. The molecule has 78 valence electrons. The van der Waals surface area contributed by atoms with Gasteiger partial charge >= 0.3 is 0 Å². The number of aliphatic hydroxyl groups excluding tert-OH is 2. The van der Waals surface area contributed by atoms with Gasteiger partial charge < -0.3 is 10.2 Å². The first-order valence-electron chi connectivity index (χ1n) is 5.00. The van der Waals surface area contributed by atoms with Crippen molar-refractivity contribution < 1.29 is 10.2 Å². The van der Waals surface area contributed by atoms with Gasteiger partial charge in [-0.25, -0.2) is 0 Å². The zero-order chi connectivity index (χ0) is 10.0. The molecule has 1 unspecified atom stereocenters. The van der Waals surface area contributed by atoms with Crippen LogP contribution in [0.5, 0.6) is 0 Å². The fourth-order valence-electron chi connectivity index (χ4n) is 2.26. The molecule has 0 bridgehead atoms. The Bertz CT molecular complexity index is 248. The van der Waals surface area contributed by atoms with E-state index in [9.17, 15) is 0 Å². The first-order chi connectivity index (χ1) is 6.79. The first-order valence-corrected chi connectivity index (χ1v) is 5.94. The minimum atomic E-state index is -0.180. The van der Waals surface area contributed by atoms with Crippen molar-refractivity contribution in [1.82, 2.24) is 0 Å². The van der Waals surface area contributed by atoms with Gasteiger partial charge in [-0.3, -0.25) is 0 Å². The van der Waals surface area contributed by atoms with Crippen molar-refractivity contribution in [3.05, 3.63) is 23.6 Å². The van der Waals surface area contributed by atoms with E-state index in [1.807, 2.05) is 17.8 Å². The predicted molar refractivity (Wildman–Crippen MR) is 59.0 cm³/mol. The standard InChI is InChI=1S/C11H16O2S/c12-7-11(8-13)5-9(6-11)10-3-1-2-4-14-10/h1-4,9-10,12-13H,5-8H2. The molecule has 14 heavy (non-hydrogen) atoms. The minimum absolute atomic E-state index is 0.122. The van der Waals surface area contributed by atoms with E-state index in [4.69, 9.17) is 10.2 Å². The van der Waals surface area contributed by atoms with Crippen LogP contribution in [0.4, 0.5) is 0 Å². The predicted octanol–water partition coefficient (Wildman–Crippen LogP) is 1.55. The Morgan fingerprint density at radius 1 is 1.21 bits per heavy atom. The van der Waals surface area contributed by atoms with Crippen molar-refractivity contribution in [1.29, 1.82) is 0 Å². The third-order valence-electron chi connectivity index (χ3n) is 3.25. The van der Waals surface area contributed by atoms with Crippen molar-refractivity contribution >= 4 is 11.8 Å². The number of allylic oxidation sites excluding steroid dienone is 2. The maximum Gasteiger partial charge on any atom is 0.0509 e. The molecule has 1 heterocycles. The number of hydrogen-bond acceptors (Lipinski definition) is 3. The van der Waals surface area contributed by atoms with Gasteiger partial charge in [0.05, 0.1) is 13.2 Å². The van der Waals surface area contributed by atoms with E-state index in [1.54, 1.807) is 0 Å². The molecule has 2 rings (SSSR count). The molecule has 1 aliphatic heterocycles. The molecule has 1 aliphatic carbocycles. The molecule has 1 atom stereocenters. The van der Waals surface area contributed by atoms with Gasteiger partial charge in [0.1, 0.15) is 0 Å². The molecule has 0 amide bonds. The summed E-state index contributed by atoms with van der Waals surface area (Å²) in [6.07, 6.45) is 8.25. The van der Waals surface area contributed by atoms with Crippen LogP contribution in [-0.4, -0.2) is 28.7 Å². The molecular weight excluding hydrogens is 196 g/mol. The van der Waals surface area contributed by atoms with Gasteiger partial charge in [-0.2, -0.15) is 0 Å². The van der Waals surface area contributed by atoms with Crippen LogP contribution in [0.25, 0.3) is 0 Å². The maximum atomic E-state index is 9.15. The van der Waals surface area contributed by atoms with Crippen molar-refractivity contribution in [3.8, 4) is 0 Å². The fourth-order valence-corrected chi connectivity index (χ4v) is 3.22. The topological polar surface area (TPSA) is 40.5 Å². The molecule has 2 aliphatic rings. The average Bonchev–Trinajstić information content (AvgIpc) is 2.19. The largest absolute Gasteiger partial charge is 0.396 e. The monoisotopic (exact) mass is 212 g/mol. The van der Waals surface area contributed by atoms with Crippen LogP contribution in [0.1, 0.15) is 12.8 Å². The Morgan fingerprint density at radius 2 is 1.93 bits per heavy atom. The first kappa shape index (κ1) is 10.3. The van der Waals surface area contributed by atoms with E-state index in [-0.39, 0.29) is 18.6 Å². The Morgan fingerprint density at radius 3 is 2.43 bits per heavy atom. The quantitative estimate of drug-likeness (QED) is 0.745. The molecule has 3 heteroatoms. The van der Waals surface area contributed by atoms with Crippen LogP contribution in [0, 0.1) is 11.3 Å². The van der Waals surface area contributed by atoms with Crippen LogP contribution in [0.15, 0.2) is 23.6 Å². The Labute approximate surface area is 88.7 Å². The zero-order valence-electron chi connectivity index (χ0n) is 8.10. The third kappa shape index (κ3) is 1.76. The van der Waals surface area contributed by atoms with E-state index in [2.05, 4.69) is 17.6 Å². The third-order valence-corrected chi connectivity index (χ3v) is 4.42. The van der Waals surface area contributed by atoms with E-state index in [0.717, 1.165) is 12.8 Å². The van der Waals surface area contributed by atoms with Gasteiger partial charge in [0.2, 0.25) is 0 Å². The summed E-state index contributed by atoms with van der Waals surface area (Å²) in [6, 6.07) is 0. The second kappa shape index (κ2) is 4.09. The minimum Gasteiger partial charge on any atom is -0.396 e. The highest BCUT2D eigenvalue weighted by Crippen LogP contribution is 2.49. The Balaban J connectivity index is 1.87. The van der Waals surface area contributed by atoms with Gasteiger partial charge in [0, 0.05) is 10.7 Å². The van der Waals surface area contributed by atoms with Crippen molar-refractivity contribution in [2.24, 2.45) is 11.3 Å². The number of hydrogen-bond donors (Lipinski definition) is 2. The second-order valence-electron chi connectivity index (χ2n) is 4.30. The van der Waals surface area contributed by atoms with Gasteiger partial charge in [0.15, 0.2) is 0 Å². The summed E-state index contributed by atoms with van der Waals surface area (Å²) in [6.45, 7) is 0.244. The van der Waals surface area contributed by atoms with Crippen LogP contribution in [0.3, 0.4) is 0 Å². The average molecular weight is 212 g/mol. The Kier molecular flexibility index (Phi) is 3.00. The highest BCUT2D eigenvalue weighted by molar-refractivity contribution is 8.02. The lowest BCUT2D eigenvalue weighted by Gasteiger charge is -2.48. The summed E-state index contributed by atoms with van der Waals surface area (Å²) in [7, 11) is 0. The molecular formula is C11H16O2S. The molecule has 2 N–H and O–H groups in total. The number of aliphatic hydroxyl groups is 2. The normalized spacial score (nSPS) is 30.3. The van der Waals surface area contributed by atoms with Crippen LogP contribution in [-0.2, 0) is 0 Å². The molecule has 0 aromatic rings. The molecule has 2 nitrogen and oxygen atoms in total. The van der Waals surface area contributed by atoms with Gasteiger partial charge in [-0.05, 0) is 24.2 Å². The lowest BCUT2D eigenvalue weighted by Crippen LogP contribution is -2.46. The number of thioether (sulfide) groups is 1. The van der Waals surface area contributed by atoms with E-state index < -0.39 is 0 Å². The van der Waals surface area contributed by atoms with Crippen LogP contribution in [0.2, 0.25) is 0 Å². The molecule has 0 saturated heterocycles. The lowest BCUT2D eigenvalue weighted by atomic mass is 9.61. The summed E-state index contributed by atoms with van der Waals surface area (Å²) in [5, 5.41) is 21.0. The second-order valence-corrected chi connectivity index (χ2v) is 5.39. The van der Waals surface area contributed by atoms with E-state index in [0.29, 0.717) is 11.2 Å². The maximum absolute atomic E-state index is 9.15. The summed E-state index contributed by atoms with van der Waals surface area (Å²) in [5.74, 6) is 0.625. The van der Waals surface area contributed by atoms with E-state index in [1.165, 1.54) is 0 Å². The molecule has 1 saturated carbocycles. The van der Waals surface area contributed by atoms with Gasteiger partial charge in [0.25, 0.3) is 0 Å². The lowest BCUT2D eigenvalue weighted by molar-refractivity contribution is -0.0457. The number of rotatable bonds is 3. The molecule has 0 aromatic carbocycles.